The zero-order valence-electron chi connectivity index (χ0n) is 62.4. The number of rotatable bonds is 14. The topological polar surface area (TPSA) is 19.6 Å². The average molecular weight is 1470 g/mol. The monoisotopic (exact) mass is 1470 g/mol. The lowest BCUT2D eigenvalue weighted by Crippen LogP contribution is -2.28. The molecular weight excluding hydrogens is 1400 g/mol. The predicted molar refractivity (Wildman–Crippen MR) is 479 cm³/mol. The first-order valence-corrected chi connectivity index (χ1v) is 40.0. The molecule has 0 aliphatic heterocycles. The van der Waals surface area contributed by atoms with Gasteiger partial charge in [-0.1, -0.05) is 334 Å². The van der Waals surface area contributed by atoms with Crippen molar-refractivity contribution in [2.24, 2.45) is 0 Å². The van der Waals surface area contributed by atoms with Gasteiger partial charge in [0.25, 0.3) is 0 Å². The first-order valence-electron chi connectivity index (χ1n) is 39.2. The third-order valence-corrected chi connectivity index (χ3v) is 24.6. The van der Waals surface area contributed by atoms with Crippen LogP contribution in [0.4, 0.5) is 34.1 Å². The second-order valence-corrected chi connectivity index (χ2v) is 30.8. The number of hydrogen-bond donors (Lipinski definition) is 0. The quantitative estimate of drug-likeness (QED) is 0.108. The molecule has 114 heavy (non-hydrogen) atoms. The molecule has 2 aromatic heterocycles. The molecule has 0 radical (unpaired) electrons. The molecule has 0 saturated carbocycles. The summed E-state index contributed by atoms with van der Waals surface area (Å²) in [5.74, 6) is 0. The maximum Gasteiger partial charge on any atom is 0.136 e. The fraction of sp³-hybridized carbons (Fsp3) is 0.0182. The van der Waals surface area contributed by atoms with Crippen LogP contribution in [0, 0.1) is 0 Å². The van der Waals surface area contributed by atoms with Crippen LogP contribution in [0.2, 0.25) is 0 Å². The summed E-state index contributed by atoms with van der Waals surface area (Å²) in [7, 11) is 0. The Morgan fingerprint density at radius 1 is 0.184 bits per heavy atom. The lowest BCUT2D eigenvalue weighted by molar-refractivity contribution is 0.668. The fourth-order valence-corrected chi connectivity index (χ4v) is 19.6. The summed E-state index contributed by atoms with van der Waals surface area (Å²) in [5, 5.41) is 4.84. The van der Waals surface area contributed by atoms with Gasteiger partial charge in [-0.15, -0.1) is 11.3 Å². The normalized spacial score (nSPS) is 12.7. The number of anilines is 6. The number of benzene rings is 18. The van der Waals surface area contributed by atoms with Gasteiger partial charge in [-0.2, -0.15) is 0 Å². The molecule has 3 nitrogen and oxygen atoms in total. The fourth-order valence-electron chi connectivity index (χ4n) is 18.4. The van der Waals surface area contributed by atoms with Gasteiger partial charge in [-0.05, 0) is 227 Å². The van der Waals surface area contributed by atoms with Crippen LogP contribution in [0.5, 0.6) is 0 Å². The van der Waals surface area contributed by atoms with Crippen molar-refractivity contribution >= 4 is 87.6 Å². The molecule has 0 fully saturated rings. The van der Waals surface area contributed by atoms with E-state index in [4.69, 9.17) is 4.42 Å². The van der Waals surface area contributed by atoms with Crippen molar-refractivity contribution < 1.29 is 4.42 Å². The number of thiophene rings is 1. The van der Waals surface area contributed by atoms with E-state index < -0.39 is 10.8 Å². The summed E-state index contributed by atoms with van der Waals surface area (Å²) in [4.78, 5) is 4.64. The largest absolute Gasteiger partial charge is 0.456 e. The van der Waals surface area contributed by atoms with E-state index in [0.717, 1.165) is 67.2 Å². The van der Waals surface area contributed by atoms with Crippen LogP contribution in [0.25, 0.3) is 109 Å². The van der Waals surface area contributed by atoms with Gasteiger partial charge in [0.15, 0.2) is 0 Å². The minimum atomic E-state index is -0.452. The number of hydrogen-bond acceptors (Lipinski definition) is 4. The first-order chi connectivity index (χ1) is 56.5. The van der Waals surface area contributed by atoms with Crippen molar-refractivity contribution in [3.8, 4) is 66.8 Å². The van der Waals surface area contributed by atoms with Gasteiger partial charge in [-0.25, -0.2) is 0 Å². The number of para-hydroxylation sites is 3. The minimum absolute atomic E-state index is 0.406. The second kappa shape index (κ2) is 28.5. The zero-order chi connectivity index (χ0) is 75.5. The Hall–Kier alpha value is -14.4. The Kier molecular flexibility index (Phi) is 16.9. The van der Waals surface area contributed by atoms with Crippen molar-refractivity contribution in [2.45, 2.75) is 10.8 Å². The maximum absolute atomic E-state index is 6.63. The van der Waals surface area contributed by atoms with E-state index in [1.54, 1.807) is 0 Å². The number of furan rings is 1. The standard InChI is InChI=1S/C55H37NO.C55H37NS/c1-4-17-42(18-5-1)55(51-25-12-10-23-47(51)48-24-11-13-26-52(48)55)43-30-34-53-50(37-43)49-33-29-41(36-54(49)57-53)40-16-14-15-39(35-40)38-27-31-46(32-28-38)56(44-19-6-2-7-20-44)45-21-8-3-9-22-45;1-4-15-38(16-5-1)39-27-31-45(32-28-39)56(44-20-8-3-9-21-44)46-22-14-17-40(35-46)41-29-33-49-50-34-30-43(37-54(50)57-53(49)36-41)55(42-18-6-2-7-19-42)51-25-12-10-23-47(51)48-24-11-13-26-52(48)55/h2*1-37H. The molecule has 536 valence electrons. The molecule has 0 amide bonds. The van der Waals surface area contributed by atoms with Crippen molar-refractivity contribution in [3.05, 3.63) is 493 Å². The molecule has 0 saturated heterocycles. The first kappa shape index (κ1) is 67.7. The third-order valence-electron chi connectivity index (χ3n) is 23.5. The van der Waals surface area contributed by atoms with Crippen LogP contribution in [-0.2, 0) is 10.8 Å². The van der Waals surface area contributed by atoms with Crippen LogP contribution < -0.4 is 9.80 Å². The van der Waals surface area contributed by atoms with E-state index in [-0.39, 0.29) is 0 Å². The number of fused-ring (bicyclic) bond motifs is 12. The summed E-state index contributed by atoms with van der Waals surface area (Å²) >= 11 is 1.89. The molecule has 18 aromatic carbocycles. The SMILES string of the molecule is c1ccc(-c2ccc(N(c3ccccc3)c3cccc(-c4ccc5c(c4)sc4cc(C6(c7ccccc7)c7ccccc7-c7ccccc76)ccc45)c3)cc2)cc1.c1ccc(N(c2ccccc2)c2ccc(-c3cccc(-c4ccc5c(c4)oc4ccc(C6(c7ccccc7)c7ccccc7-c7ccccc76)cc45)c3)cc2)cc1. The zero-order valence-corrected chi connectivity index (χ0v) is 63.3. The van der Waals surface area contributed by atoms with Crippen molar-refractivity contribution in [1.29, 1.82) is 0 Å². The molecule has 0 N–H and O–H groups in total. The lowest BCUT2D eigenvalue weighted by atomic mass is 9.67. The lowest BCUT2D eigenvalue weighted by Gasteiger charge is -2.33. The molecule has 0 spiro atoms. The summed E-state index contributed by atoms with van der Waals surface area (Å²) in [5.41, 5.74) is 32.7. The average Bonchev–Trinajstić information content (AvgIpc) is 1.54. The van der Waals surface area contributed by atoms with Gasteiger partial charge in [0.2, 0.25) is 0 Å². The van der Waals surface area contributed by atoms with Gasteiger partial charge in [-0.3, -0.25) is 0 Å². The molecule has 0 atom stereocenters. The van der Waals surface area contributed by atoms with E-state index in [1.165, 1.54) is 120 Å². The highest BCUT2D eigenvalue weighted by Crippen LogP contribution is 2.59. The van der Waals surface area contributed by atoms with Crippen LogP contribution in [0.1, 0.15) is 44.5 Å². The number of nitrogens with zero attached hydrogens (tertiary/aromatic N) is 2. The highest BCUT2D eigenvalue weighted by molar-refractivity contribution is 7.25. The van der Waals surface area contributed by atoms with Crippen molar-refractivity contribution in [2.75, 3.05) is 9.80 Å². The van der Waals surface area contributed by atoms with E-state index in [1.807, 2.05) is 11.3 Å². The molecule has 22 rings (SSSR count). The Balaban J connectivity index is 0.000000143. The van der Waals surface area contributed by atoms with E-state index in [0.29, 0.717) is 0 Å². The van der Waals surface area contributed by atoms with Gasteiger partial charge >= 0.3 is 0 Å². The molecule has 0 unspecified atom stereocenters. The van der Waals surface area contributed by atoms with Gasteiger partial charge < -0.3 is 14.2 Å². The highest BCUT2D eigenvalue weighted by atomic mass is 32.1. The highest BCUT2D eigenvalue weighted by Gasteiger charge is 2.48. The molecule has 4 heteroatoms. The second-order valence-electron chi connectivity index (χ2n) is 29.7. The predicted octanol–water partition coefficient (Wildman–Crippen LogP) is 30.0. The Morgan fingerprint density at radius 2 is 0.509 bits per heavy atom. The molecular formula is C110H74N2OS. The van der Waals surface area contributed by atoms with Gasteiger partial charge in [0.1, 0.15) is 11.2 Å². The molecule has 20 aromatic rings. The Morgan fingerprint density at radius 3 is 1.02 bits per heavy atom. The van der Waals surface area contributed by atoms with Crippen LogP contribution in [0.15, 0.2) is 453 Å². The van der Waals surface area contributed by atoms with Gasteiger partial charge in [0.05, 0.1) is 10.8 Å². The van der Waals surface area contributed by atoms with Crippen LogP contribution >= 0.6 is 11.3 Å². The molecule has 2 aliphatic carbocycles. The van der Waals surface area contributed by atoms with Crippen LogP contribution in [-0.4, -0.2) is 0 Å². The smallest absolute Gasteiger partial charge is 0.136 e. The third kappa shape index (κ3) is 11.5. The summed E-state index contributed by atoms with van der Waals surface area (Å²) in [6.45, 7) is 0. The molecule has 2 aliphatic rings. The van der Waals surface area contributed by atoms with Crippen LogP contribution in [0.3, 0.4) is 0 Å². The van der Waals surface area contributed by atoms with Crippen molar-refractivity contribution in [1.82, 2.24) is 0 Å². The minimum Gasteiger partial charge on any atom is -0.456 e. The Labute approximate surface area is 668 Å². The van der Waals surface area contributed by atoms with Crippen molar-refractivity contribution in [3.63, 3.8) is 0 Å². The van der Waals surface area contributed by atoms with E-state index in [2.05, 4.69) is 459 Å². The van der Waals surface area contributed by atoms with Gasteiger partial charge in [0, 0.05) is 65.1 Å². The van der Waals surface area contributed by atoms with E-state index in [9.17, 15) is 0 Å². The summed E-state index contributed by atoms with van der Waals surface area (Å²) in [6, 6.07) is 163. The summed E-state index contributed by atoms with van der Waals surface area (Å²) < 4.78 is 9.23. The maximum atomic E-state index is 6.63. The molecule has 2 heterocycles. The van der Waals surface area contributed by atoms with E-state index >= 15 is 0 Å². The molecule has 0 bridgehead atoms. The Bertz CT molecular complexity index is 6830. The summed E-state index contributed by atoms with van der Waals surface area (Å²) in [6.07, 6.45) is 0.